The molecule has 8 heteroatoms. The van der Waals surface area contributed by atoms with Gasteiger partial charge in [-0.05, 0) is 46.8 Å². The first-order chi connectivity index (χ1) is 13.4. The van der Waals surface area contributed by atoms with Crippen molar-refractivity contribution in [3.05, 3.63) is 35.9 Å². The number of nitrogens with one attached hydrogen (secondary N) is 1. The van der Waals surface area contributed by atoms with E-state index < -0.39 is 41.4 Å². The highest BCUT2D eigenvalue weighted by atomic mass is 16.6. The van der Waals surface area contributed by atoms with Gasteiger partial charge in [-0.2, -0.15) is 0 Å². The molecule has 1 aromatic carbocycles. The van der Waals surface area contributed by atoms with Crippen LogP contribution in [-0.4, -0.2) is 60.0 Å². The predicted molar refractivity (Wildman–Crippen MR) is 106 cm³/mol. The monoisotopic (exact) mass is 406 g/mol. The van der Waals surface area contributed by atoms with Gasteiger partial charge in [0.05, 0.1) is 19.8 Å². The van der Waals surface area contributed by atoms with Crippen LogP contribution >= 0.6 is 0 Å². The van der Waals surface area contributed by atoms with E-state index in [1.807, 2.05) is 0 Å². The fourth-order valence-electron chi connectivity index (χ4n) is 3.20. The molecule has 1 saturated heterocycles. The lowest BCUT2D eigenvalue weighted by molar-refractivity contribution is -0.143. The Balaban J connectivity index is 2.19. The summed E-state index contributed by atoms with van der Waals surface area (Å²) in [5, 5.41) is 2.70. The lowest BCUT2D eigenvalue weighted by Gasteiger charge is -2.35. The van der Waals surface area contributed by atoms with Gasteiger partial charge in [-0.3, -0.25) is 9.69 Å². The smallest absolute Gasteiger partial charge is 0.412 e. The maximum Gasteiger partial charge on any atom is 0.412 e. The van der Waals surface area contributed by atoms with Crippen molar-refractivity contribution >= 4 is 18.0 Å². The van der Waals surface area contributed by atoms with Crippen molar-refractivity contribution in [1.29, 1.82) is 0 Å². The van der Waals surface area contributed by atoms with E-state index in [0.717, 1.165) is 0 Å². The third-order valence-electron chi connectivity index (χ3n) is 4.50. The molecule has 2 amide bonds. The van der Waals surface area contributed by atoms with Gasteiger partial charge in [0.15, 0.2) is 0 Å². The van der Waals surface area contributed by atoms with Gasteiger partial charge in [-0.25, -0.2) is 9.59 Å². The Morgan fingerprint density at radius 1 is 1.24 bits per heavy atom. The summed E-state index contributed by atoms with van der Waals surface area (Å²) in [6.45, 7) is 9.06. The number of carbonyl (C=O) groups is 3. The van der Waals surface area contributed by atoms with E-state index in [9.17, 15) is 14.4 Å². The summed E-state index contributed by atoms with van der Waals surface area (Å²) >= 11 is 0. The van der Waals surface area contributed by atoms with Crippen LogP contribution in [0.2, 0.25) is 0 Å². The Kier molecular flexibility index (Phi) is 6.89. The summed E-state index contributed by atoms with van der Waals surface area (Å²) in [7, 11) is 1.25. The molecule has 0 unspecified atom stereocenters. The molecule has 1 aliphatic rings. The summed E-state index contributed by atoms with van der Waals surface area (Å²) in [5.74, 6) is -0.994. The van der Waals surface area contributed by atoms with Crippen LogP contribution in [0.15, 0.2) is 30.3 Å². The number of hydrogen-bond donors (Lipinski definition) is 1. The molecule has 8 nitrogen and oxygen atoms in total. The van der Waals surface area contributed by atoms with Crippen LogP contribution in [0.25, 0.3) is 0 Å². The molecular weight excluding hydrogens is 376 g/mol. The van der Waals surface area contributed by atoms with Crippen molar-refractivity contribution in [3.8, 4) is 0 Å². The molecule has 1 fully saturated rings. The molecular formula is C21H30N2O6. The van der Waals surface area contributed by atoms with Gasteiger partial charge in [-0.1, -0.05) is 18.2 Å². The highest BCUT2D eigenvalue weighted by Crippen LogP contribution is 2.31. The van der Waals surface area contributed by atoms with Gasteiger partial charge in [0.2, 0.25) is 0 Å². The van der Waals surface area contributed by atoms with Crippen molar-refractivity contribution in [2.24, 2.45) is 0 Å². The van der Waals surface area contributed by atoms with Crippen molar-refractivity contribution < 1.29 is 28.6 Å². The van der Waals surface area contributed by atoms with E-state index in [1.165, 1.54) is 12.0 Å². The molecule has 0 bridgehead atoms. The topological polar surface area (TPSA) is 94.2 Å². The van der Waals surface area contributed by atoms with Gasteiger partial charge in [0.25, 0.3) is 5.91 Å². The minimum Gasteiger partial charge on any atom is -0.467 e. The van der Waals surface area contributed by atoms with Gasteiger partial charge in [-0.15, -0.1) is 0 Å². The predicted octanol–water partition coefficient (Wildman–Crippen LogP) is 2.72. The third-order valence-corrected chi connectivity index (χ3v) is 4.50. The van der Waals surface area contributed by atoms with Crippen LogP contribution in [-0.2, 0) is 19.0 Å². The molecule has 0 spiro atoms. The lowest BCUT2D eigenvalue weighted by atomic mass is 10.0. The SMILES string of the molecule is COC(=O)[C@H](C[C@@H]1COC(C)(C)N1C(=O)OC(C)(C)C)NC(=O)c1ccccc1. The van der Waals surface area contributed by atoms with E-state index in [-0.39, 0.29) is 13.0 Å². The molecule has 1 aromatic rings. The molecule has 29 heavy (non-hydrogen) atoms. The van der Waals surface area contributed by atoms with E-state index in [0.29, 0.717) is 5.56 Å². The lowest BCUT2D eigenvalue weighted by Crippen LogP contribution is -2.53. The Hall–Kier alpha value is -2.61. The Labute approximate surface area is 171 Å². The summed E-state index contributed by atoms with van der Waals surface area (Å²) in [6, 6.07) is 7.15. The van der Waals surface area contributed by atoms with E-state index in [1.54, 1.807) is 65.0 Å². The van der Waals surface area contributed by atoms with E-state index >= 15 is 0 Å². The Morgan fingerprint density at radius 3 is 2.41 bits per heavy atom. The largest absolute Gasteiger partial charge is 0.467 e. The van der Waals surface area contributed by atoms with Crippen LogP contribution in [0.3, 0.4) is 0 Å². The van der Waals surface area contributed by atoms with E-state index in [4.69, 9.17) is 14.2 Å². The number of carbonyl (C=O) groups excluding carboxylic acids is 3. The number of benzene rings is 1. The second-order valence-electron chi connectivity index (χ2n) is 8.41. The number of methoxy groups -OCH3 is 1. The van der Waals surface area contributed by atoms with Crippen molar-refractivity contribution in [2.75, 3.05) is 13.7 Å². The highest BCUT2D eigenvalue weighted by Gasteiger charge is 2.47. The zero-order valence-corrected chi connectivity index (χ0v) is 17.9. The molecule has 2 atom stereocenters. The van der Waals surface area contributed by atoms with Gasteiger partial charge < -0.3 is 19.5 Å². The average molecular weight is 406 g/mol. The zero-order chi connectivity index (χ0) is 21.8. The number of esters is 1. The fourth-order valence-corrected chi connectivity index (χ4v) is 3.20. The van der Waals surface area contributed by atoms with Crippen LogP contribution in [0.4, 0.5) is 4.79 Å². The quantitative estimate of drug-likeness (QED) is 0.756. The molecule has 0 aromatic heterocycles. The molecule has 0 aliphatic carbocycles. The molecule has 0 saturated carbocycles. The van der Waals surface area contributed by atoms with Crippen LogP contribution in [0.1, 0.15) is 51.4 Å². The average Bonchev–Trinajstić information content (AvgIpc) is 2.93. The molecule has 1 N–H and O–H groups in total. The maximum atomic E-state index is 12.8. The normalized spacial score (nSPS) is 19.4. The van der Waals surface area contributed by atoms with Crippen LogP contribution in [0, 0.1) is 0 Å². The van der Waals surface area contributed by atoms with Crippen molar-refractivity contribution in [2.45, 2.75) is 64.4 Å². The Morgan fingerprint density at radius 2 is 1.86 bits per heavy atom. The summed E-state index contributed by atoms with van der Waals surface area (Å²) in [5.41, 5.74) is -1.16. The molecule has 1 heterocycles. The number of rotatable bonds is 5. The minimum absolute atomic E-state index is 0.133. The number of amides is 2. The van der Waals surface area contributed by atoms with Gasteiger partial charge in [0.1, 0.15) is 17.4 Å². The maximum absolute atomic E-state index is 12.8. The molecule has 1 aliphatic heterocycles. The second kappa shape index (κ2) is 8.82. The summed E-state index contributed by atoms with van der Waals surface area (Å²) in [6.07, 6.45) is -0.406. The van der Waals surface area contributed by atoms with Crippen molar-refractivity contribution in [3.63, 3.8) is 0 Å². The number of hydrogen-bond acceptors (Lipinski definition) is 6. The molecule has 0 radical (unpaired) electrons. The highest BCUT2D eigenvalue weighted by molar-refractivity contribution is 5.96. The first kappa shape index (κ1) is 22.7. The third kappa shape index (κ3) is 5.93. The standard InChI is InChI=1S/C21H30N2O6/c1-20(2,3)29-19(26)23-15(13-28-21(23,4)5)12-16(18(25)27-6)22-17(24)14-10-8-7-9-11-14/h7-11,15-16H,12-13H2,1-6H3,(H,22,24)/t15-,16+/m1/s1. The number of nitrogens with zero attached hydrogens (tertiary/aromatic N) is 1. The second-order valence-corrected chi connectivity index (χ2v) is 8.41. The van der Waals surface area contributed by atoms with Crippen LogP contribution in [0.5, 0.6) is 0 Å². The molecule has 160 valence electrons. The first-order valence-corrected chi connectivity index (χ1v) is 9.54. The zero-order valence-electron chi connectivity index (χ0n) is 17.9. The Bertz CT molecular complexity index is 741. The summed E-state index contributed by atoms with van der Waals surface area (Å²) < 4.78 is 16.1. The van der Waals surface area contributed by atoms with E-state index in [2.05, 4.69) is 5.32 Å². The van der Waals surface area contributed by atoms with Gasteiger partial charge in [0, 0.05) is 12.0 Å². The summed E-state index contributed by atoms with van der Waals surface area (Å²) in [4.78, 5) is 39.1. The van der Waals surface area contributed by atoms with Crippen molar-refractivity contribution in [1.82, 2.24) is 10.2 Å². The molecule has 2 rings (SSSR count). The fraction of sp³-hybridized carbons (Fsp3) is 0.571. The van der Waals surface area contributed by atoms with Crippen LogP contribution < -0.4 is 5.32 Å². The first-order valence-electron chi connectivity index (χ1n) is 9.54. The van der Waals surface area contributed by atoms with Gasteiger partial charge >= 0.3 is 12.1 Å². The minimum atomic E-state index is -0.944. The number of ether oxygens (including phenoxy) is 3.